The number of aliphatic hydroxyl groups is 1. The maximum Gasteiger partial charge on any atom is 0.191 e. The molecule has 1 aromatic carbocycles. The largest absolute Gasteiger partial charge is 0.379 e. The molecule has 2 saturated heterocycles. The van der Waals surface area contributed by atoms with Crippen LogP contribution in [0, 0.1) is 5.82 Å². The van der Waals surface area contributed by atoms with Crippen molar-refractivity contribution in [3.05, 3.63) is 65.0 Å². The number of hydrogen-bond acceptors (Lipinski definition) is 8. The first-order valence-electron chi connectivity index (χ1n) is 14.0. The number of halogens is 1. The van der Waals surface area contributed by atoms with Crippen LogP contribution in [0.3, 0.4) is 0 Å². The fourth-order valence-corrected chi connectivity index (χ4v) is 6.73. The number of rotatable bonds is 8. The van der Waals surface area contributed by atoms with Crippen LogP contribution < -0.4 is 10.2 Å². The molecule has 2 atom stereocenters. The number of hydrogen-bond donors (Lipinski definition) is 2. The Morgan fingerprint density at radius 3 is 2.60 bits per heavy atom. The average molecular weight is 563 g/mol. The Morgan fingerprint density at radius 2 is 1.90 bits per heavy atom. The van der Waals surface area contributed by atoms with Gasteiger partial charge in [-0.25, -0.2) is 14.4 Å². The van der Waals surface area contributed by atoms with Crippen LogP contribution in [-0.2, 0) is 11.2 Å². The lowest BCUT2D eigenvalue weighted by Crippen LogP contribution is -2.44. The summed E-state index contributed by atoms with van der Waals surface area (Å²) in [5.41, 5.74) is 4.91. The predicted molar refractivity (Wildman–Crippen MR) is 156 cm³/mol. The first kappa shape index (κ1) is 27.0. The number of nitrogens with one attached hydrogen (secondary N) is 1. The van der Waals surface area contributed by atoms with E-state index in [0.29, 0.717) is 25.3 Å². The smallest absolute Gasteiger partial charge is 0.191 e. The van der Waals surface area contributed by atoms with Crippen molar-refractivity contribution < 1.29 is 14.3 Å². The highest BCUT2D eigenvalue weighted by atomic mass is 32.1. The Hall–Kier alpha value is -3.18. The molecular weight excluding hydrogens is 527 g/mol. The van der Waals surface area contributed by atoms with Crippen molar-refractivity contribution in [3.8, 4) is 11.3 Å². The normalized spacial score (nSPS) is 20.4. The third-order valence-electron chi connectivity index (χ3n) is 8.21. The summed E-state index contributed by atoms with van der Waals surface area (Å²) in [6, 6.07) is 10.5. The summed E-state index contributed by atoms with van der Waals surface area (Å²) < 4.78 is 15.6. The number of nitrogens with zero attached hydrogens (tertiary/aromatic N) is 5. The number of piperidine rings is 1. The number of pyridine rings is 1. The zero-order valence-electron chi connectivity index (χ0n) is 22.9. The maximum absolute atomic E-state index is 13.4. The third-order valence-corrected chi connectivity index (χ3v) is 9.12. The van der Waals surface area contributed by atoms with Crippen molar-refractivity contribution in [1.29, 1.82) is 0 Å². The predicted octanol–water partition coefficient (Wildman–Crippen LogP) is 4.75. The van der Waals surface area contributed by atoms with Gasteiger partial charge in [0, 0.05) is 24.2 Å². The number of aromatic nitrogens is 3. The number of anilines is 2. The number of aryl methyl sites for hydroxylation is 1. The standard InChI is InChI=1S/C30H35FN6O2S/c1-3-23-29(35(2)30-34-25(18-40-30)20-4-7-22(31)8-5-20)37-16-21(6-10-27(37)32-23)19-12-14-36(15-13-19)17-26(38)24-9-11-28(39)33-24/h4-8,10,16,18-19,24,28,33,39H,3,9,11-15,17H2,1-2H3/t24?,28-/m1/s1. The van der Waals surface area contributed by atoms with Crippen molar-refractivity contribution in [2.75, 3.05) is 31.6 Å². The van der Waals surface area contributed by atoms with Crippen LogP contribution in [0.4, 0.5) is 15.3 Å². The molecule has 210 valence electrons. The van der Waals surface area contributed by atoms with Gasteiger partial charge >= 0.3 is 0 Å². The number of benzene rings is 1. The number of imidazole rings is 1. The number of thiazole rings is 1. The second-order valence-electron chi connectivity index (χ2n) is 10.8. The Morgan fingerprint density at radius 1 is 1.12 bits per heavy atom. The first-order valence-corrected chi connectivity index (χ1v) is 14.9. The molecule has 5 heterocycles. The van der Waals surface area contributed by atoms with Gasteiger partial charge in [0.1, 0.15) is 23.5 Å². The fourth-order valence-electron chi connectivity index (χ4n) is 5.93. The van der Waals surface area contributed by atoms with Gasteiger partial charge in [-0.2, -0.15) is 0 Å². The van der Waals surface area contributed by atoms with E-state index in [1.807, 2.05) is 12.4 Å². The molecule has 2 aliphatic heterocycles. The second kappa shape index (κ2) is 11.4. The molecule has 8 nitrogen and oxygen atoms in total. The molecular formula is C30H35FN6O2S. The van der Waals surface area contributed by atoms with Gasteiger partial charge in [0.25, 0.3) is 0 Å². The van der Waals surface area contributed by atoms with Crippen LogP contribution in [0.15, 0.2) is 48.0 Å². The molecule has 2 fully saturated rings. The summed E-state index contributed by atoms with van der Waals surface area (Å²) in [5, 5.41) is 15.5. The topological polar surface area (TPSA) is 86.0 Å². The Labute approximate surface area is 237 Å². The van der Waals surface area contributed by atoms with E-state index in [9.17, 15) is 14.3 Å². The van der Waals surface area contributed by atoms with E-state index in [1.165, 1.54) is 17.7 Å². The van der Waals surface area contributed by atoms with Crippen LogP contribution in [0.25, 0.3) is 16.9 Å². The van der Waals surface area contributed by atoms with Crippen molar-refractivity contribution in [3.63, 3.8) is 0 Å². The average Bonchev–Trinajstić information content (AvgIpc) is 3.71. The number of Topliss-reactive ketones (excluding diaryl/α,β-unsaturated/α-hetero) is 1. The molecule has 6 rings (SSSR count). The lowest BCUT2D eigenvalue weighted by molar-refractivity contribution is -0.122. The Bertz CT molecular complexity index is 1490. The Balaban J connectivity index is 1.19. The zero-order valence-corrected chi connectivity index (χ0v) is 23.7. The molecule has 0 spiro atoms. The molecule has 4 aromatic rings. The summed E-state index contributed by atoms with van der Waals surface area (Å²) in [7, 11) is 2.02. The number of carbonyl (C=O) groups is 1. The minimum atomic E-state index is -0.553. The minimum absolute atomic E-state index is 0.180. The molecule has 2 aliphatic rings. The second-order valence-corrected chi connectivity index (χ2v) is 11.7. The number of aliphatic hydroxyl groups excluding tert-OH is 1. The van der Waals surface area contributed by atoms with Crippen LogP contribution in [0.5, 0.6) is 0 Å². The first-order chi connectivity index (χ1) is 19.4. The van der Waals surface area contributed by atoms with Gasteiger partial charge in [0.05, 0.1) is 24.0 Å². The minimum Gasteiger partial charge on any atom is -0.379 e. The summed E-state index contributed by atoms with van der Waals surface area (Å²) in [6.07, 6.45) is 5.81. The van der Waals surface area contributed by atoms with E-state index in [-0.39, 0.29) is 17.6 Å². The van der Waals surface area contributed by atoms with Crippen LogP contribution in [0.1, 0.15) is 49.8 Å². The van der Waals surface area contributed by atoms with Crippen molar-refractivity contribution in [2.24, 2.45) is 0 Å². The van der Waals surface area contributed by atoms with E-state index >= 15 is 0 Å². The van der Waals surface area contributed by atoms with Crippen LogP contribution in [0.2, 0.25) is 0 Å². The van der Waals surface area contributed by atoms with Crippen molar-refractivity contribution in [2.45, 2.75) is 57.2 Å². The van der Waals surface area contributed by atoms with E-state index in [1.54, 1.807) is 23.5 Å². The van der Waals surface area contributed by atoms with E-state index in [0.717, 1.165) is 65.9 Å². The summed E-state index contributed by atoms with van der Waals surface area (Å²) in [6.45, 7) is 4.32. The van der Waals surface area contributed by atoms with E-state index in [4.69, 9.17) is 9.97 Å². The van der Waals surface area contributed by atoms with Crippen molar-refractivity contribution in [1.82, 2.24) is 24.6 Å². The molecule has 0 aliphatic carbocycles. The van der Waals surface area contributed by atoms with Gasteiger partial charge in [0.15, 0.2) is 10.9 Å². The number of fused-ring (bicyclic) bond motifs is 1. The fraction of sp³-hybridized carbons (Fsp3) is 0.433. The van der Waals surface area contributed by atoms with Gasteiger partial charge in [-0.1, -0.05) is 13.0 Å². The molecule has 0 saturated carbocycles. The lowest BCUT2D eigenvalue weighted by atomic mass is 9.90. The van der Waals surface area contributed by atoms with Gasteiger partial charge in [-0.15, -0.1) is 11.3 Å². The highest BCUT2D eigenvalue weighted by Crippen LogP contribution is 2.35. The molecule has 10 heteroatoms. The van der Waals surface area contributed by atoms with Crippen LogP contribution in [-0.4, -0.2) is 69.1 Å². The van der Waals surface area contributed by atoms with Crippen molar-refractivity contribution >= 4 is 33.7 Å². The number of ketones is 1. The van der Waals surface area contributed by atoms with Crippen LogP contribution >= 0.6 is 11.3 Å². The molecule has 2 N–H and O–H groups in total. The Kier molecular flexibility index (Phi) is 7.67. The zero-order chi connectivity index (χ0) is 27.8. The number of carbonyl (C=O) groups excluding carboxylic acids is 1. The van der Waals surface area contributed by atoms with E-state index < -0.39 is 6.23 Å². The monoisotopic (exact) mass is 562 g/mol. The third kappa shape index (κ3) is 5.41. The summed E-state index contributed by atoms with van der Waals surface area (Å²) in [4.78, 5) is 26.8. The quantitative estimate of drug-likeness (QED) is 0.321. The summed E-state index contributed by atoms with van der Waals surface area (Å²) in [5.74, 6) is 1.34. The molecule has 0 bridgehead atoms. The van der Waals surface area contributed by atoms with Gasteiger partial charge in [-0.3, -0.25) is 19.4 Å². The van der Waals surface area contributed by atoms with Gasteiger partial charge < -0.3 is 10.0 Å². The van der Waals surface area contributed by atoms with Gasteiger partial charge in [-0.05, 0) is 87.0 Å². The molecule has 0 amide bonds. The SMILES string of the molecule is CCc1nc2ccc(C3CCN(CC(=O)C4CC[C@@H](O)N4)CC3)cn2c1N(C)c1nc(-c2ccc(F)cc2)cs1. The summed E-state index contributed by atoms with van der Waals surface area (Å²) >= 11 is 1.56. The van der Waals surface area contributed by atoms with E-state index in [2.05, 4.69) is 44.8 Å². The molecule has 40 heavy (non-hydrogen) atoms. The number of likely N-dealkylation sites (tertiary alicyclic amines) is 1. The molecule has 3 aromatic heterocycles. The highest BCUT2D eigenvalue weighted by molar-refractivity contribution is 7.14. The molecule has 1 unspecified atom stereocenters. The highest BCUT2D eigenvalue weighted by Gasteiger charge is 2.30. The molecule has 0 radical (unpaired) electrons. The lowest BCUT2D eigenvalue weighted by Gasteiger charge is -2.32. The maximum atomic E-state index is 13.4. The van der Waals surface area contributed by atoms with Gasteiger partial charge in [0.2, 0.25) is 0 Å².